The molecule has 134 valence electrons. The van der Waals surface area contributed by atoms with Gasteiger partial charge in [-0.15, -0.1) is 0 Å². The van der Waals surface area contributed by atoms with E-state index in [-0.39, 0.29) is 30.2 Å². The molecule has 1 aliphatic carbocycles. The molecule has 24 heavy (non-hydrogen) atoms. The number of carbonyl (C=O) groups is 3. The fraction of sp³-hybridized carbons (Fsp3) is 0.833. The Morgan fingerprint density at radius 1 is 1.08 bits per heavy atom. The second-order valence-corrected chi connectivity index (χ2v) is 7.74. The summed E-state index contributed by atoms with van der Waals surface area (Å²) < 4.78 is 0. The summed E-state index contributed by atoms with van der Waals surface area (Å²) in [5.41, 5.74) is 0. The molecule has 1 saturated carbocycles. The summed E-state index contributed by atoms with van der Waals surface area (Å²) in [5, 5.41) is 9.36. The third-order valence-corrected chi connectivity index (χ3v) is 6.00. The van der Waals surface area contributed by atoms with E-state index in [0.717, 1.165) is 44.4 Å². The number of likely N-dealkylation sites (tertiary alicyclic amines) is 2. The number of aliphatic carboxylic acids is 1. The topological polar surface area (TPSA) is 77.9 Å². The zero-order valence-corrected chi connectivity index (χ0v) is 14.4. The van der Waals surface area contributed by atoms with Gasteiger partial charge >= 0.3 is 5.97 Å². The number of rotatable bonds is 3. The molecule has 0 aromatic carbocycles. The second-order valence-electron chi connectivity index (χ2n) is 7.74. The molecular formula is C18H28N2O4. The van der Waals surface area contributed by atoms with Crippen LogP contribution in [0.2, 0.25) is 0 Å². The lowest BCUT2D eigenvalue weighted by Crippen LogP contribution is -2.50. The molecule has 6 nitrogen and oxygen atoms in total. The Labute approximate surface area is 143 Å². The maximum atomic E-state index is 12.8. The average molecular weight is 336 g/mol. The average Bonchev–Trinajstić information content (AvgIpc) is 2.96. The minimum Gasteiger partial charge on any atom is -0.480 e. The van der Waals surface area contributed by atoms with Crippen LogP contribution in [0.5, 0.6) is 0 Å². The van der Waals surface area contributed by atoms with Crippen LogP contribution >= 0.6 is 0 Å². The zero-order chi connectivity index (χ0) is 17.3. The normalized spacial score (nSPS) is 34.5. The van der Waals surface area contributed by atoms with Gasteiger partial charge < -0.3 is 14.9 Å². The molecule has 0 aromatic heterocycles. The van der Waals surface area contributed by atoms with Crippen molar-refractivity contribution in [3.8, 4) is 0 Å². The van der Waals surface area contributed by atoms with Gasteiger partial charge in [0.05, 0.1) is 5.92 Å². The molecule has 1 N–H and O–H groups in total. The molecule has 2 saturated heterocycles. The number of amides is 2. The van der Waals surface area contributed by atoms with Gasteiger partial charge in [-0.2, -0.15) is 0 Å². The highest BCUT2D eigenvalue weighted by Crippen LogP contribution is 2.32. The summed E-state index contributed by atoms with van der Waals surface area (Å²) in [4.78, 5) is 40.1. The van der Waals surface area contributed by atoms with E-state index in [2.05, 4.69) is 6.92 Å². The van der Waals surface area contributed by atoms with Crippen LogP contribution in [0.15, 0.2) is 0 Å². The van der Waals surface area contributed by atoms with Crippen molar-refractivity contribution in [1.82, 2.24) is 9.80 Å². The monoisotopic (exact) mass is 336 g/mol. The van der Waals surface area contributed by atoms with E-state index in [1.165, 1.54) is 4.90 Å². The first-order chi connectivity index (χ1) is 11.5. The molecule has 2 unspecified atom stereocenters. The molecule has 2 atom stereocenters. The first-order valence-electron chi connectivity index (χ1n) is 9.30. The fourth-order valence-corrected chi connectivity index (χ4v) is 4.49. The molecule has 2 amide bonds. The highest BCUT2D eigenvalue weighted by atomic mass is 16.4. The van der Waals surface area contributed by atoms with Crippen LogP contribution in [-0.2, 0) is 14.4 Å². The number of nitrogens with zero attached hydrogens (tertiary/aromatic N) is 2. The van der Waals surface area contributed by atoms with E-state index in [9.17, 15) is 19.5 Å². The summed E-state index contributed by atoms with van der Waals surface area (Å²) in [6.07, 6.45) is 6.78. The van der Waals surface area contributed by atoms with Crippen LogP contribution in [0.3, 0.4) is 0 Å². The minimum atomic E-state index is -0.925. The summed E-state index contributed by atoms with van der Waals surface area (Å²) in [6, 6.07) is -0.450. The van der Waals surface area contributed by atoms with Crippen molar-refractivity contribution in [2.45, 2.75) is 70.4 Å². The summed E-state index contributed by atoms with van der Waals surface area (Å²) in [7, 11) is 0. The Morgan fingerprint density at radius 2 is 1.79 bits per heavy atom. The highest BCUT2D eigenvalue weighted by molar-refractivity contribution is 5.91. The smallest absolute Gasteiger partial charge is 0.326 e. The molecule has 0 bridgehead atoms. The van der Waals surface area contributed by atoms with Gasteiger partial charge in [0.25, 0.3) is 0 Å². The van der Waals surface area contributed by atoms with E-state index in [1.807, 2.05) is 4.90 Å². The van der Waals surface area contributed by atoms with Crippen LogP contribution in [0.4, 0.5) is 0 Å². The first-order valence-corrected chi connectivity index (χ1v) is 9.30. The lowest BCUT2D eigenvalue weighted by Gasteiger charge is -2.35. The lowest BCUT2D eigenvalue weighted by molar-refractivity contribution is -0.153. The van der Waals surface area contributed by atoms with Crippen LogP contribution in [0.25, 0.3) is 0 Å². The molecule has 2 heterocycles. The Morgan fingerprint density at radius 3 is 2.46 bits per heavy atom. The van der Waals surface area contributed by atoms with Crippen LogP contribution in [0, 0.1) is 11.8 Å². The van der Waals surface area contributed by atoms with Crippen molar-refractivity contribution >= 4 is 17.8 Å². The third kappa shape index (κ3) is 3.42. The van der Waals surface area contributed by atoms with Crippen LogP contribution in [0.1, 0.15) is 58.3 Å². The zero-order valence-electron chi connectivity index (χ0n) is 14.4. The van der Waals surface area contributed by atoms with Crippen molar-refractivity contribution < 1.29 is 19.5 Å². The predicted molar refractivity (Wildman–Crippen MR) is 88.2 cm³/mol. The summed E-state index contributed by atoms with van der Waals surface area (Å²) >= 11 is 0. The minimum absolute atomic E-state index is 0.0665. The predicted octanol–water partition coefficient (Wildman–Crippen LogP) is 1.88. The Bertz CT molecular complexity index is 513. The van der Waals surface area contributed by atoms with Gasteiger partial charge in [-0.3, -0.25) is 9.59 Å². The van der Waals surface area contributed by atoms with Crippen molar-refractivity contribution in [2.75, 3.05) is 13.1 Å². The molecular weight excluding hydrogens is 308 g/mol. The Kier molecular flexibility index (Phi) is 5.11. The number of carboxylic acids is 1. The molecule has 3 rings (SSSR count). The van der Waals surface area contributed by atoms with Gasteiger partial charge in [-0.1, -0.05) is 6.92 Å². The maximum Gasteiger partial charge on any atom is 0.326 e. The fourth-order valence-electron chi connectivity index (χ4n) is 4.49. The van der Waals surface area contributed by atoms with Crippen LogP contribution in [-0.4, -0.2) is 57.9 Å². The Balaban J connectivity index is 1.64. The summed E-state index contributed by atoms with van der Waals surface area (Å²) in [5.74, 6) is -0.637. The van der Waals surface area contributed by atoms with E-state index in [1.54, 1.807) is 0 Å². The van der Waals surface area contributed by atoms with E-state index in [4.69, 9.17) is 0 Å². The van der Waals surface area contributed by atoms with Gasteiger partial charge in [0.1, 0.15) is 6.04 Å². The quantitative estimate of drug-likeness (QED) is 0.853. The van der Waals surface area contributed by atoms with E-state index in [0.29, 0.717) is 19.5 Å². The van der Waals surface area contributed by atoms with Gasteiger partial charge in [0.15, 0.2) is 0 Å². The number of carboxylic acid groups (broad SMARTS) is 1. The van der Waals surface area contributed by atoms with E-state index >= 15 is 0 Å². The molecule has 3 aliphatic rings. The third-order valence-electron chi connectivity index (χ3n) is 6.00. The van der Waals surface area contributed by atoms with Crippen molar-refractivity contribution in [3.05, 3.63) is 0 Å². The Hall–Kier alpha value is -1.59. The van der Waals surface area contributed by atoms with E-state index < -0.39 is 12.0 Å². The highest BCUT2D eigenvalue weighted by Gasteiger charge is 2.42. The molecule has 6 heteroatoms. The number of piperidine rings is 1. The molecule has 3 fully saturated rings. The first kappa shape index (κ1) is 17.2. The van der Waals surface area contributed by atoms with Gasteiger partial charge in [0, 0.05) is 25.6 Å². The maximum absolute atomic E-state index is 12.8. The second kappa shape index (κ2) is 7.11. The standard InChI is InChI=1S/C18H28N2O4/c1-12-5-7-14(8-6-12)20-11-13(10-16(20)21)17(22)19-9-3-2-4-15(19)18(23)24/h12-15H,2-11H2,1H3,(H,23,24). The largest absolute Gasteiger partial charge is 0.480 e. The van der Waals surface area contributed by atoms with Crippen molar-refractivity contribution in [1.29, 1.82) is 0 Å². The van der Waals surface area contributed by atoms with Crippen LogP contribution < -0.4 is 0 Å². The number of carbonyl (C=O) groups excluding carboxylic acids is 2. The van der Waals surface area contributed by atoms with Gasteiger partial charge in [-0.25, -0.2) is 4.79 Å². The lowest BCUT2D eigenvalue weighted by atomic mass is 9.86. The van der Waals surface area contributed by atoms with Gasteiger partial charge in [0.2, 0.25) is 11.8 Å². The number of hydrogen-bond donors (Lipinski definition) is 1. The van der Waals surface area contributed by atoms with Crippen molar-refractivity contribution in [2.24, 2.45) is 11.8 Å². The molecule has 0 spiro atoms. The molecule has 2 aliphatic heterocycles. The van der Waals surface area contributed by atoms with Gasteiger partial charge in [-0.05, 0) is 50.9 Å². The molecule has 0 radical (unpaired) electrons. The summed E-state index contributed by atoms with van der Waals surface area (Å²) in [6.45, 7) is 3.22. The SMILES string of the molecule is CC1CCC(N2CC(C(=O)N3CCCCC3C(=O)O)CC2=O)CC1. The number of hydrogen-bond acceptors (Lipinski definition) is 3. The molecule has 0 aromatic rings. The van der Waals surface area contributed by atoms with Crippen molar-refractivity contribution in [3.63, 3.8) is 0 Å².